The van der Waals surface area contributed by atoms with E-state index in [1.807, 2.05) is 0 Å². The van der Waals surface area contributed by atoms with Crippen LogP contribution in [0.4, 0.5) is 0 Å². The van der Waals surface area contributed by atoms with E-state index in [-0.39, 0.29) is 25.2 Å². The minimum atomic E-state index is -0.153. The number of hydrogen-bond donors (Lipinski definition) is 0. The van der Waals surface area contributed by atoms with Gasteiger partial charge in [0.25, 0.3) is 0 Å². The molecule has 10 heteroatoms. The molecule has 0 saturated carbocycles. The molecule has 10 nitrogen and oxygen atoms in total. The van der Waals surface area contributed by atoms with Gasteiger partial charge in [-0.3, -0.25) is 9.59 Å². The highest BCUT2D eigenvalue weighted by Crippen LogP contribution is 2.04. The van der Waals surface area contributed by atoms with E-state index in [0.29, 0.717) is 92.1 Å². The molecule has 0 saturated heterocycles. The molecule has 0 aromatic heterocycles. The second-order valence-corrected chi connectivity index (χ2v) is 8.74. The lowest BCUT2D eigenvalue weighted by atomic mass is 10.2. The lowest BCUT2D eigenvalue weighted by Crippen LogP contribution is -2.15. The highest BCUT2D eigenvalue weighted by atomic mass is 16.6. The number of carbonyl (C=O) groups excluding carboxylic acids is 2. The first-order chi connectivity index (χ1) is 18.7. The molecule has 0 unspecified atom stereocenters. The van der Waals surface area contributed by atoms with E-state index in [4.69, 9.17) is 37.9 Å². The van der Waals surface area contributed by atoms with Crippen molar-refractivity contribution >= 4 is 11.9 Å². The number of carbonyl (C=O) groups is 2. The maximum Gasteiger partial charge on any atom is 0.305 e. The summed E-state index contributed by atoms with van der Waals surface area (Å²) in [4.78, 5) is 23.0. The van der Waals surface area contributed by atoms with Gasteiger partial charge in [0.2, 0.25) is 0 Å². The van der Waals surface area contributed by atoms with Gasteiger partial charge in [-0.2, -0.15) is 0 Å². The van der Waals surface area contributed by atoms with E-state index in [2.05, 4.69) is 13.8 Å². The van der Waals surface area contributed by atoms with Crippen molar-refractivity contribution in [3.8, 4) is 0 Å². The van der Waals surface area contributed by atoms with Crippen molar-refractivity contribution in [2.24, 2.45) is 0 Å². The van der Waals surface area contributed by atoms with E-state index in [1.54, 1.807) is 0 Å². The Hall–Kier alpha value is -1.30. The first kappa shape index (κ1) is 36.7. The van der Waals surface area contributed by atoms with E-state index < -0.39 is 0 Å². The Morgan fingerprint density at radius 2 is 0.632 bits per heavy atom. The lowest BCUT2D eigenvalue weighted by Gasteiger charge is -2.09. The molecule has 0 atom stereocenters. The number of rotatable bonds is 31. The van der Waals surface area contributed by atoms with Gasteiger partial charge in [-0.25, -0.2) is 0 Å². The van der Waals surface area contributed by atoms with E-state index in [9.17, 15) is 9.59 Å². The molecule has 0 amide bonds. The summed E-state index contributed by atoms with van der Waals surface area (Å²) in [6.45, 7) is 10.4. The fourth-order valence-corrected chi connectivity index (χ4v) is 3.17. The SMILES string of the molecule is CCCCCCC(=O)OCCOCCOCCOCCOCCOCCOCCOC(=O)CCCCCC. The van der Waals surface area contributed by atoms with Gasteiger partial charge in [-0.15, -0.1) is 0 Å². The van der Waals surface area contributed by atoms with Gasteiger partial charge in [0.1, 0.15) is 13.2 Å². The van der Waals surface area contributed by atoms with Gasteiger partial charge in [0.15, 0.2) is 0 Å². The zero-order chi connectivity index (χ0) is 27.8. The normalized spacial score (nSPS) is 11.1. The molecule has 0 aromatic carbocycles. The maximum absolute atomic E-state index is 11.5. The van der Waals surface area contributed by atoms with Crippen molar-refractivity contribution in [3.05, 3.63) is 0 Å². The Morgan fingerprint density at radius 1 is 0.368 bits per heavy atom. The summed E-state index contributed by atoms with van der Waals surface area (Å²) in [6, 6.07) is 0. The van der Waals surface area contributed by atoms with Crippen molar-refractivity contribution in [2.45, 2.75) is 78.1 Å². The standard InChI is InChI=1S/C28H54O10/c1-3-5-7-9-11-27(29)37-25-23-35-21-19-33-17-15-31-13-14-32-16-18-34-20-22-36-24-26-38-28(30)12-10-8-6-4-2/h3-26H2,1-2H3. The quantitative estimate of drug-likeness (QED) is 0.0924. The molecule has 0 radical (unpaired) electrons. The fraction of sp³-hybridized carbons (Fsp3) is 0.929. The van der Waals surface area contributed by atoms with E-state index in [0.717, 1.165) is 51.4 Å². The predicted molar refractivity (Wildman–Crippen MR) is 144 cm³/mol. The largest absolute Gasteiger partial charge is 0.463 e. The van der Waals surface area contributed by atoms with E-state index >= 15 is 0 Å². The Balaban J connectivity index is 3.13. The molecule has 38 heavy (non-hydrogen) atoms. The van der Waals surface area contributed by atoms with Gasteiger partial charge in [-0.1, -0.05) is 52.4 Å². The van der Waals surface area contributed by atoms with Crippen LogP contribution in [0.5, 0.6) is 0 Å². The number of hydrogen-bond acceptors (Lipinski definition) is 10. The van der Waals surface area contributed by atoms with Crippen LogP contribution < -0.4 is 0 Å². The van der Waals surface area contributed by atoms with Gasteiger partial charge in [0.05, 0.1) is 79.3 Å². The summed E-state index contributed by atoms with van der Waals surface area (Å²) >= 11 is 0. The van der Waals surface area contributed by atoms with Crippen molar-refractivity contribution in [1.82, 2.24) is 0 Å². The molecule has 226 valence electrons. The average molecular weight is 551 g/mol. The average Bonchev–Trinajstić information content (AvgIpc) is 2.92. The van der Waals surface area contributed by atoms with Crippen LogP contribution in [-0.4, -0.2) is 104 Å². The van der Waals surface area contributed by atoms with Gasteiger partial charge in [-0.05, 0) is 12.8 Å². The summed E-state index contributed by atoms with van der Waals surface area (Å²) < 4.78 is 42.7. The molecule has 0 aliphatic heterocycles. The summed E-state index contributed by atoms with van der Waals surface area (Å²) in [7, 11) is 0. The summed E-state index contributed by atoms with van der Waals surface area (Å²) in [5, 5.41) is 0. The Kier molecular flexibility index (Phi) is 30.8. The summed E-state index contributed by atoms with van der Waals surface area (Å²) in [5.41, 5.74) is 0. The molecule has 0 bridgehead atoms. The smallest absolute Gasteiger partial charge is 0.305 e. The summed E-state index contributed by atoms with van der Waals surface area (Å²) in [6.07, 6.45) is 9.53. The number of ether oxygens (including phenoxy) is 8. The topological polar surface area (TPSA) is 108 Å². The molecule has 0 aromatic rings. The van der Waals surface area contributed by atoms with Gasteiger partial charge in [0, 0.05) is 12.8 Å². The summed E-state index contributed by atoms with van der Waals surface area (Å²) in [5.74, 6) is -0.305. The monoisotopic (exact) mass is 550 g/mol. The fourth-order valence-electron chi connectivity index (χ4n) is 3.17. The molecule has 0 N–H and O–H groups in total. The van der Waals surface area contributed by atoms with Crippen molar-refractivity contribution in [1.29, 1.82) is 0 Å². The molecule has 0 spiro atoms. The number of unbranched alkanes of at least 4 members (excludes halogenated alkanes) is 6. The van der Waals surface area contributed by atoms with Crippen molar-refractivity contribution < 1.29 is 47.5 Å². The second kappa shape index (κ2) is 31.9. The van der Waals surface area contributed by atoms with Crippen molar-refractivity contribution in [2.75, 3.05) is 92.5 Å². The molecule has 0 aliphatic rings. The lowest BCUT2D eigenvalue weighted by molar-refractivity contribution is -0.146. The minimum absolute atomic E-state index is 0.153. The second-order valence-electron chi connectivity index (χ2n) is 8.74. The van der Waals surface area contributed by atoms with Crippen molar-refractivity contribution in [3.63, 3.8) is 0 Å². The Labute approximate surface area is 230 Å². The third kappa shape index (κ3) is 30.9. The predicted octanol–water partition coefficient (Wildman–Crippen LogP) is 4.11. The van der Waals surface area contributed by atoms with E-state index in [1.165, 1.54) is 0 Å². The van der Waals surface area contributed by atoms with Gasteiger partial charge < -0.3 is 37.9 Å². The van der Waals surface area contributed by atoms with Crippen LogP contribution in [0, 0.1) is 0 Å². The van der Waals surface area contributed by atoms with Crippen LogP contribution in [0.15, 0.2) is 0 Å². The molecule has 0 heterocycles. The Bertz CT molecular complexity index is 460. The number of esters is 2. The third-order valence-electron chi connectivity index (χ3n) is 5.31. The van der Waals surface area contributed by atoms with Crippen LogP contribution in [-0.2, 0) is 47.5 Å². The first-order valence-electron chi connectivity index (χ1n) is 14.5. The highest BCUT2D eigenvalue weighted by molar-refractivity contribution is 5.69. The Morgan fingerprint density at radius 3 is 0.895 bits per heavy atom. The third-order valence-corrected chi connectivity index (χ3v) is 5.31. The molecular weight excluding hydrogens is 496 g/mol. The van der Waals surface area contributed by atoms with Gasteiger partial charge >= 0.3 is 11.9 Å². The zero-order valence-corrected chi connectivity index (χ0v) is 24.1. The molecule has 0 aliphatic carbocycles. The zero-order valence-electron chi connectivity index (χ0n) is 24.1. The van der Waals surface area contributed by atoms with Crippen LogP contribution >= 0.6 is 0 Å². The molecule has 0 rings (SSSR count). The van der Waals surface area contributed by atoms with Crippen LogP contribution in [0.25, 0.3) is 0 Å². The maximum atomic E-state index is 11.5. The van der Waals surface area contributed by atoms with Crippen LogP contribution in [0.2, 0.25) is 0 Å². The van der Waals surface area contributed by atoms with Crippen LogP contribution in [0.3, 0.4) is 0 Å². The molecule has 0 fully saturated rings. The van der Waals surface area contributed by atoms with Crippen LogP contribution in [0.1, 0.15) is 78.1 Å². The molecular formula is C28H54O10. The first-order valence-corrected chi connectivity index (χ1v) is 14.5. The highest BCUT2D eigenvalue weighted by Gasteiger charge is 2.03. The minimum Gasteiger partial charge on any atom is -0.463 e.